The number of nitrogens with two attached hydrogens (primary N) is 1. The summed E-state index contributed by atoms with van der Waals surface area (Å²) in [6.45, 7) is 6.10. The fourth-order valence-electron chi connectivity index (χ4n) is 2.73. The van der Waals surface area contributed by atoms with Crippen LogP contribution in [0.5, 0.6) is 0 Å². The van der Waals surface area contributed by atoms with Gasteiger partial charge in [0, 0.05) is 13.0 Å². The van der Waals surface area contributed by atoms with E-state index >= 15 is 0 Å². The molecule has 0 aliphatic carbocycles. The van der Waals surface area contributed by atoms with Crippen LogP contribution in [-0.4, -0.2) is 16.1 Å². The molecule has 0 spiro atoms. The van der Waals surface area contributed by atoms with Gasteiger partial charge in [0.1, 0.15) is 5.82 Å². The minimum Gasteiger partial charge on any atom is -0.330 e. The molecular formula is C17H27N3. The van der Waals surface area contributed by atoms with Gasteiger partial charge in [-0.05, 0) is 37.6 Å². The Hall–Kier alpha value is -1.35. The first kappa shape index (κ1) is 15.0. The Kier molecular flexibility index (Phi) is 5.60. The van der Waals surface area contributed by atoms with Crippen LogP contribution in [0.3, 0.4) is 0 Å². The Labute approximate surface area is 122 Å². The number of aromatic nitrogens is 2. The minimum absolute atomic E-state index is 0.665. The molecule has 0 aliphatic heterocycles. The molecule has 3 heteroatoms. The number of nitrogens with zero attached hydrogens (tertiary/aromatic N) is 2. The minimum atomic E-state index is 0.665. The lowest BCUT2D eigenvalue weighted by Crippen LogP contribution is -2.10. The van der Waals surface area contributed by atoms with Gasteiger partial charge in [-0.25, -0.2) is 4.98 Å². The highest BCUT2D eigenvalue weighted by atomic mass is 15.1. The number of imidazole rings is 1. The first-order valence-corrected chi connectivity index (χ1v) is 7.92. The molecule has 0 bridgehead atoms. The van der Waals surface area contributed by atoms with E-state index in [0.29, 0.717) is 6.54 Å². The molecule has 2 N–H and O–H groups in total. The summed E-state index contributed by atoms with van der Waals surface area (Å²) in [5.74, 6) is 1.14. The summed E-state index contributed by atoms with van der Waals surface area (Å²) in [7, 11) is 0. The number of fused-ring (bicyclic) bond motifs is 1. The molecule has 2 aromatic rings. The largest absolute Gasteiger partial charge is 0.330 e. The summed E-state index contributed by atoms with van der Waals surface area (Å²) in [6.07, 6.45) is 7.39. The SMILES string of the molecule is CCCCCCCn1c(CCN)nc2cc(C)ccc21. The Balaban J connectivity index is 2.13. The van der Waals surface area contributed by atoms with Crippen LogP contribution in [0.1, 0.15) is 50.4 Å². The monoisotopic (exact) mass is 273 g/mol. The normalized spacial score (nSPS) is 11.3. The Morgan fingerprint density at radius 2 is 1.95 bits per heavy atom. The van der Waals surface area contributed by atoms with E-state index in [1.54, 1.807) is 0 Å². The van der Waals surface area contributed by atoms with Crippen LogP contribution in [0.4, 0.5) is 0 Å². The second kappa shape index (κ2) is 7.44. The maximum absolute atomic E-state index is 5.72. The molecule has 0 radical (unpaired) electrons. The zero-order chi connectivity index (χ0) is 14.4. The molecule has 0 fully saturated rings. The maximum Gasteiger partial charge on any atom is 0.111 e. The van der Waals surface area contributed by atoms with Crippen molar-refractivity contribution in [3.05, 3.63) is 29.6 Å². The van der Waals surface area contributed by atoms with Crippen molar-refractivity contribution in [3.63, 3.8) is 0 Å². The van der Waals surface area contributed by atoms with Crippen molar-refractivity contribution in [1.82, 2.24) is 9.55 Å². The number of hydrogen-bond acceptors (Lipinski definition) is 2. The molecule has 1 aromatic carbocycles. The lowest BCUT2D eigenvalue weighted by atomic mass is 10.1. The summed E-state index contributed by atoms with van der Waals surface area (Å²) in [5.41, 5.74) is 9.36. The molecule has 0 amide bonds. The van der Waals surface area contributed by atoms with Crippen molar-refractivity contribution in [1.29, 1.82) is 0 Å². The molecule has 0 atom stereocenters. The van der Waals surface area contributed by atoms with Crippen molar-refractivity contribution < 1.29 is 0 Å². The standard InChI is InChI=1S/C17H27N3/c1-3-4-5-6-7-12-20-16-9-8-14(2)13-15(16)19-17(20)10-11-18/h8-9,13H,3-7,10-12,18H2,1-2H3. The van der Waals surface area contributed by atoms with E-state index in [2.05, 4.69) is 36.6 Å². The number of aryl methyl sites for hydroxylation is 2. The van der Waals surface area contributed by atoms with Gasteiger partial charge < -0.3 is 10.3 Å². The van der Waals surface area contributed by atoms with Crippen LogP contribution in [0, 0.1) is 6.92 Å². The molecular weight excluding hydrogens is 246 g/mol. The van der Waals surface area contributed by atoms with Crippen LogP contribution in [0.2, 0.25) is 0 Å². The van der Waals surface area contributed by atoms with E-state index in [9.17, 15) is 0 Å². The summed E-state index contributed by atoms with van der Waals surface area (Å²) in [5, 5.41) is 0. The van der Waals surface area contributed by atoms with Gasteiger partial charge in [0.15, 0.2) is 0 Å². The first-order chi connectivity index (χ1) is 9.76. The molecule has 1 aromatic heterocycles. The van der Waals surface area contributed by atoms with Crippen LogP contribution in [-0.2, 0) is 13.0 Å². The van der Waals surface area contributed by atoms with Gasteiger partial charge in [0.25, 0.3) is 0 Å². The van der Waals surface area contributed by atoms with Gasteiger partial charge in [0.2, 0.25) is 0 Å². The van der Waals surface area contributed by atoms with Crippen molar-refractivity contribution in [3.8, 4) is 0 Å². The Morgan fingerprint density at radius 3 is 2.70 bits per heavy atom. The topological polar surface area (TPSA) is 43.8 Å². The van der Waals surface area contributed by atoms with E-state index in [-0.39, 0.29) is 0 Å². The summed E-state index contributed by atoms with van der Waals surface area (Å²) >= 11 is 0. The molecule has 0 saturated carbocycles. The van der Waals surface area contributed by atoms with E-state index in [1.807, 2.05) is 0 Å². The molecule has 1 heterocycles. The van der Waals surface area contributed by atoms with Gasteiger partial charge in [-0.3, -0.25) is 0 Å². The van der Waals surface area contributed by atoms with Crippen molar-refractivity contribution >= 4 is 11.0 Å². The molecule has 3 nitrogen and oxygen atoms in total. The lowest BCUT2D eigenvalue weighted by molar-refractivity contribution is 0.562. The third-order valence-electron chi connectivity index (χ3n) is 3.84. The summed E-state index contributed by atoms with van der Waals surface area (Å²) in [6, 6.07) is 6.54. The molecule has 0 aliphatic rings. The number of benzene rings is 1. The highest BCUT2D eigenvalue weighted by Crippen LogP contribution is 2.19. The molecule has 2 rings (SSSR count). The second-order valence-electron chi connectivity index (χ2n) is 5.62. The molecule has 0 saturated heterocycles. The van der Waals surface area contributed by atoms with Gasteiger partial charge >= 0.3 is 0 Å². The van der Waals surface area contributed by atoms with Crippen LogP contribution < -0.4 is 5.73 Å². The highest BCUT2D eigenvalue weighted by Gasteiger charge is 2.09. The van der Waals surface area contributed by atoms with Crippen LogP contribution in [0.15, 0.2) is 18.2 Å². The zero-order valence-electron chi connectivity index (χ0n) is 12.9. The molecule has 0 unspecified atom stereocenters. The smallest absolute Gasteiger partial charge is 0.111 e. The van der Waals surface area contributed by atoms with Gasteiger partial charge in [-0.2, -0.15) is 0 Å². The molecule has 110 valence electrons. The third kappa shape index (κ3) is 3.60. The average molecular weight is 273 g/mol. The van der Waals surface area contributed by atoms with Crippen LogP contribution in [0.25, 0.3) is 11.0 Å². The number of rotatable bonds is 8. The van der Waals surface area contributed by atoms with E-state index in [0.717, 1.165) is 24.3 Å². The number of hydrogen-bond donors (Lipinski definition) is 1. The summed E-state index contributed by atoms with van der Waals surface area (Å²) < 4.78 is 2.37. The van der Waals surface area contributed by atoms with Gasteiger partial charge in [-0.15, -0.1) is 0 Å². The second-order valence-corrected chi connectivity index (χ2v) is 5.62. The first-order valence-electron chi connectivity index (χ1n) is 7.92. The van der Waals surface area contributed by atoms with Crippen molar-refractivity contribution in [2.45, 2.75) is 58.9 Å². The predicted octanol–water partition coefficient (Wildman–Crippen LogP) is 3.82. The fourth-order valence-corrected chi connectivity index (χ4v) is 2.73. The summed E-state index contributed by atoms with van der Waals surface area (Å²) in [4.78, 5) is 4.76. The van der Waals surface area contributed by atoms with Crippen LogP contribution >= 0.6 is 0 Å². The van der Waals surface area contributed by atoms with Crippen molar-refractivity contribution in [2.24, 2.45) is 5.73 Å². The van der Waals surface area contributed by atoms with Crippen molar-refractivity contribution in [2.75, 3.05) is 6.54 Å². The number of unbranched alkanes of at least 4 members (excludes halogenated alkanes) is 4. The van der Waals surface area contributed by atoms with E-state index in [1.165, 1.54) is 43.2 Å². The zero-order valence-corrected chi connectivity index (χ0v) is 12.9. The quantitative estimate of drug-likeness (QED) is 0.743. The molecule has 20 heavy (non-hydrogen) atoms. The average Bonchev–Trinajstić information content (AvgIpc) is 2.76. The van der Waals surface area contributed by atoms with E-state index < -0.39 is 0 Å². The lowest BCUT2D eigenvalue weighted by Gasteiger charge is -2.08. The predicted molar refractivity (Wildman–Crippen MR) is 86.0 cm³/mol. The van der Waals surface area contributed by atoms with E-state index in [4.69, 9.17) is 10.7 Å². The van der Waals surface area contributed by atoms with Gasteiger partial charge in [-0.1, -0.05) is 38.7 Å². The Bertz CT molecular complexity index is 542. The van der Waals surface area contributed by atoms with Gasteiger partial charge in [0.05, 0.1) is 11.0 Å². The maximum atomic E-state index is 5.72. The highest BCUT2D eigenvalue weighted by molar-refractivity contribution is 5.76. The third-order valence-corrected chi connectivity index (χ3v) is 3.84. The Morgan fingerprint density at radius 1 is 1.15 bits per heavy atom. The fraction of sp³-hybridized carbons (Fsp3) is 0.588.